The molecule has 108 valence electrons. The number of carbonyl (C=O) groups is 1. The summed E-state index contributed by atoms with van der Waals surface area (Å²) in [7, 11) is 1.88. The third kappa shape index (κ3) is 2.06. The van der Waals surface area contributed by atoms with E-state index in [0.717, 1.165) is 18.7 Å². The maximum absolute atomic E-state index is 12.7. The maximum atomic E-state index is 12.7. The van der Waals surface area contributed by atoms with Crippen LogP contribution in [0.3, 0.4) is 0 Å². The van der Waals surface area contributed by atoms with Gasteiger partial charge in [0.2, 0.25) is 5.91 Å². The summed E-state index contributed by atoms with van der Waals surface area (Å²) in [5, 5.41) is 0. The molecule has 2 aliphatic carbocycles. The molecule has 1 aromatic heterocycles. The van der Waals surface area contributed by atoms with Crippen molar-refractivity contribution < 1.29 is 4.79 Å². The van der Waals surface area contributed by atoms with E-state index in [2.05, 4.69) is 34.2 Å². The monoisotopic (exact) mass is 281 g/mol. The van der Waals surface area contributed by atoms with Gasteiger partial charge in [0.15, 0.2) is 0 Å². The van der Waals surface area contributed by atoms with E-state index in [4.69, 9.17) is 0 Å². The van der Waals surface area contributed by atoms with Crippen LogP contribution in [0.25, 0.3) is 0 Å². The van der Waals surface area contributed by atoms with Crippen LogP contribution in [0, 0.1) is 11.8 Å². The standard InChI is InChI=1S/C17H19N3O/c1-20(10-14-18-8-9-19-14)17(21)16-13-7-6-11-4-2-3-5-12(11)15(13)16/h2-5,8-9,13,15-16H,6-7,10H2,1H3,(H,18,19). The molecule has 1 aromatic carbocycles. The van der Waals surface area contributed by atoms with E-state index in [1.54, 1.807) is 12.4 Å². The molecule has 3 atom stereocenters. The fourth-order valence-electron chi connectivity index (χ4n) is 3.84. The normalized spacial score (nSPS) is 25.9. The van der Waals surface area contributed by atoms with Gasteiger partial charge in [0, 0.05) is 25.4 Å². The lowest BCUT2D eigenvalue weighted by Crippen LogP contribution is -2.29. The highest BCUT2D eigenvalue weighted by atomic mass is 16.2. The molecule has 1 N–H and O–H groups in total. The number of rotatable bonds is 3. The van der Waals surface area contributed by atoms with Gasteiger partial charge in [-0.1, -0.05) is 24.3 Å². The molecule has 2 aromatic rings. The van der Waals surface area contributed by atoms with Gasteiger partial charge in [-0.05, 0) is 35.8 Å². The number of aromatic nitrogens is 2. The Labute approximate surface area is 124 Å². The predicted octanol–water partition coefficient (Wildman–Crippen LogP) is 2.34. The molecule has 0 bridgehead atoms. The third-order valence-corrected chi connectivity index (χ3v) is 4.93. The van der Waals surface area contributed by atoms with Gasteiger partial charge in [-0.25, -0.2) is 4.98 Å². The van der Waals surface area contributed by atoms with Crippen molar-refractivity contribution in [2.75, 3.05) is 7.05 Å². The quantitative estimate of drug-likeness (QED) is 0.938. The van der Waals surface area contributed by atoms with Gasteiger partial charge >= 0.3 is 0 Å². The van der Waals surface area contributed by atoms with Gasteiger partial charge in [-0.2, -0.15) is 0 Å². The Morgan fingerprint density at radius 2 is 2.29 bits per heavy atom. The number of benzene rings is 1. The minimum Gasteiger partial charge on any atom is -0.347 e. The summed E-state index contributed by atoms with van der Waals surface area (Å²) < 4.78 is 0. The van der Waals surface area contributed by atoms with Crippen LogP contribution in [0.15, 0.2) is 36.7 Å². The van der Waals surface area contributed by atoms with E-state index in [9.17, 15) is 4.79 Å². The van der Waals surface area contributed by atoms with Crippen LogP contribution in [-0.2, 0) is 17.8 Å². The van der Waals surface area contributed by atoms with Crippen molar-refractivity contribution in [3.8, 4) is 0 Å². The maximum Gasteiger partial charge on any atom is 0.226 e. The number of nitrogens with zero attached hydrogens (tertiary/aromatic N) is 2. The molecule has 1 fully saturated rings. The van der Waals surface area contributed by atoms with E-state index in [1.807, 2.05) is 11.9 Å². The summed E-state index contributed by atoms with van der Waals surface area (Å²) >= 11 is 0. The van der Waals surface area contributed by atoms with Crippen molar-refractivity contribution >= 4 is 5.91 Å². The van der Waals surface area contributed by atoms with Crippen LogP contribution in [0.4, 0.5) is 0 Å². The number of amides is 1. The van der Waals surface area contributed by atoms with Crippen molar-refractivity contribution in [1.29, 1.82) is 0 Å². The highest BCUT2D eigenvalue weighted by Crippen LogP contribution is 2.60. The van der Waals surface area contributed by atoms with Crippen molar-refractivity contribution in [3.63, 3.8) is 0 Å². The summed E-state index contributed by atoms with van der Waals surface area (Å²) in [4.78, 5) is 21.8. The summed E-state index contributed by atoms with van der Waals surface area (Å²) in [6.45, 7) is 0.559. The Balaban J connectivity index is 1.50. The number of carbonyl (C=O) groups excluding carboxylic acids is 1. The second-order valence-electron chi connectivity index (χ2n) is 6.18. The van der Waals surface area contributed by atoms with Crippen molar-refractivity contribution in [2.45, 2.75) is 25.3 Å². The Bertz CT molecular complexity index is 664. The fourth-order valence-corrected chi connectivity index (χ4v) is 3.84. The molecule has 2 aliphatic rings. The lowest BCUT2D eigenvalue weighted by Gasteiger charge is -2.16. The second kappa shape index (κ2) is 4.72. The zero-order valence-corrected chi connectivity index (χ0v) is 12.1. The number of aryl methyl sites for hydroxylation is 1. The molecular weight excluding hydrogens is 262 g/mol. The number of fused-ring (bicyclic) bond motifs is 3. The Hall–Kier alpha value is -2.10. The number of imidazole rings is 1. The van der Waals surface area contributed by atoms with Crippen LogP contribution in [-0.4, -0.2) is 27.8 Å². The predicted molar refractivity (Wildman–Crippen MR) is 79.5 cm³/mol. The molecule has 21 heavy (non-hydrogen) atoms. The van der Waals surface area contributed by atoms with Gasteiger partial charge < -0.3 is 9.88 Å². The van der Waals surface area contributed by atoms with Crippen molar-refractivity contribution in [1.82, 2.24) is 14.9 Å². The number of H-pyrrole nitrogens is 1. The van der Waals surface area contributed by atoms with E-state index >= 15 is 0 Å². The topological polar surface area (TPSA) is 49.0 Å². The van der Waals surface area contributed by atoms with Gasteiger partial charge in [-0.3, -0.25) is 4.79 Å². The Kier molecular flexibility index (Phi) is 2.84. The molecule has 0 radical (unpaired) electrons. The number of hydrogen-bond donors (Lipinski definition) is 1. The number of nitrogens with one attached hydrogen (secondary N) is 1. The summed E-state index contributed by atoms with van der Waals surface area (Å²) in [5.41, 5.74) is 2.83. The van der Waals surface area contributed by atoms with Crippen LogP contribution < -0.4 is 0 Å². The lowest BCUT2D eigenvalue weighted by atomic mass is 9.92. The molecule has 4 heteroatoms. The van der Waals surface area contributed by atoms with Gasteiger partial charge in [0.1, 0.15) is 5.82 Å². The van der Waals surface area contributed by atoms with Crippen LogP contribution in [0.1, 0.15) is 29.3 Å². The molecule has 4 nitrogen and oxygen atoms in total. The molecule has 1 amide bonds. The lowest BCUT2D eigenvalue weighted by molar-refractivity contribution is -0.132. The first-order chi connectivity index (χ1) is 10.3. The number of aromatic amines is 1. The van der Waals surface area contributed by atoms with Crippen LogP contribution in [0.5, 0.6) is 0 Å². The molecule has 3 unspecified atom stereocenters. The first kappa shape index (κ1) is 12.6. The molecule has 4 rings (SSSR count). The zero-order chi connectivity index (χ0) is 14.4. The van der Waals surface area contributed by atoms with Crippen molar-refractivity contribution in [3.05, 3.63) is 53.6 Å². The Morgan fingerprint density at radius 3 is 3.10 bits per heavy atom. The minimum atomic E-state index is 0.175. The highest BCUT2D eigenvalue weighted by Gasteiger charge is 2.57. The average Bonchev–Trinajstić information content (AvgIpc) is 3.04. The van der Waals surface area contributed by atoms with Crippen molar-refractivity contribution in [2.24, 2.45) is 11.8 Å². The molecule has 1 heterocycles. The SMILES string of the molecule is CN(Cc1ncc[nH]1)C(=O)C1C2CCc3ccccc3C21. The molecule has 0 aliphatic heterocycles. The first-order valence-electron chi connectivity index (χ1n) is 7.57. The largest absolute Gasteiger partial charge is 0.347 e. The average molecular weight is 281 g/mol. The summed E-state index contributed by atoms with van der Waals surface area (Å²) in [6, 6.07) is 8.60. The van der Waals surface area contributed by atoms with E-state index < -0.39 is 0 Å². The molecule has 0 saturated heterocycles. The van der Waals surface area contributed by atoms with Crippen LogP contribution >= 0.6 is 0 Å². The molecular formula is C17H19N3O. The Morgan fingerprint density at radius 1 is 1.43 bits per heavy atom. The summed E-state index contributed by atoms with van der Waals surface area (Å²) in [5.74, 6) is 2.27. The van der Waals surface area contributed by atoms with Gasteiger partial charge in [0.25, 0.3) is 0 Å². The highest BCUT2D eigenvalue weighted by molar-refractivity contribution is 5.84. The molecule has 0 spiro atoms. The zero-order valence-electron chi connectivity index (χ0n) is 12.1. The number of hydrogen-bond acceptors (Lipinski definition) is 2. The van der Waals surface area contributed by atoms with Gasteiger partial charge in [-0.15, -0.1) is 0 Å². The molecule has 1 saturated carbocycles. The van der Waals surface area contributed by atoms with E-state index in [1.165, 1.54) is 11.1 Å². The summed E-state index contributed by atoms with van der Waals surface area (Å²) in [6.07, 6.45) is 5.78. The first-order valence-corrected chi connectivity index (χ1v) is 7.57. The van der Waals surface area contributed by atoms with E-state index in [0.29, 0.717) is 18.4 Å². The minimum absolute atomic E-state index is 0.175. The van der Waals surface area contributed by atoms with Gasteiger partial charge in [0.05, 0.1) is 6.54 Å². The third-order valence-electron chi connectivity index (χ3n) is 4.93. The second-order valence-corrected chi connectivity index (χ2v) is 6.18. The fraction of sp³-hybridized carbons (Fsp3) is 0.412. The smallest absolute Gasteiger partial charge is 0.226 e. The van der Waals surface area contributed by atoms with Crippen LogP contribution in [0.2, 0.25) is 0 Å². The van der Waals surface area contributed by atoms with E-state index in [-0.39, 0.29) is 11.8 Å².